The number of aromatic nitrogens is 2. The molecule has 1 aromatic heterocycles. The van der Waals surface area contributed by atoms with Crippen molar-refractivity contribution in [1.29, 1.82) is 0 Å². The van der Waals surface area contributed by atoms with Crippen molar-refractivity contribution < 1.29 is 5.11 Å². The maximum absolute atomic E-state index is 9.71. The fourth-order valence-electron chi connectivity index (χ4n) is 2.14. The Kier molecular flexibility index (Phi) is 3.30. The Morgan fingerprint density at radius 1 is 1.44 bits per heavy atom. The molecule has 0 saturated heterocycles. The molecule has 2 rings (SSSR count). The highest BCUT2D eigenvalue weighted by atomic mass is 16.3. The number of rotatable bonds is 4. The van der Waals surface area contributed by atoms with Crippen molar-refractivity contribution >= 4 is 17.6 Å². The van der Waals surface area contributed by atoms with E-state index in [0.717, 1.165) is 13.0 Å². The van der Waals surface area contributed by atoms with E-state index in [1.54, 1.807) is 0 Å². The van der Waals surface area contributed by atoms with E-state index in [2.05, 4.69) is 20.6 Å². The van der Waals surface area contributed by atoms with Crippen molar-refractivity contribution in [2.24, 2.45) is 5.41 Å². The highest BCUT2D eigenvalue weighted by molar-refractivity contribution is 5.52. The molecule has 0 spiro atoms. The van der Waals surface area contributed by atoms with Crippen LogP contribution in [0, 0.1) is 5.41 Å². The van der Waals surface area contributed by atoms with Gasteiger partial charge in [-0.05, 0) is 13.3 Å². The third-order valence-corrected chi connectivity index (χ3v) is 3.64. The maximum Gasteiger partial charge on any atom is 0.223 e. The summed E-state index contributed by atoms with van der Waals surface area (Å²) >= 11 is 0. The van der Waals surface area contributed by atoms with Gasteiger partial charge in [-0.1, -0.05) is 13.8 Å². The monoisotopic (exact) mass is 251 g/mol. The molecule has 6 heteroatoms. The Bertz CT molecular complexity index is 434. The fourth-order valence-corrected chi connectivity index (χ4v) is 2.14. The number of nitrogens with two attached hydrogens (primary N) is 1. The summed E-state index contributed by atoms with van der Waals surface area (Å²) in [6.45, 7) is 6.85. The van der Waals surface area contributed by atoms with Gasteiger partial charge in [-0.3, -0.25) is 0 Å². The number of anilines is 3. The lowest BCUT2D eigenvalue weighted by atomic mass is 9.64. The molecule has 18 heavy (non-hydrogen) atoms. The number of nitrogens with zero attached hydrogens (tertiary/aromatic N) is 2. The van der Waals surface area contributed by atoms with Crippen molar-refractivity contribution in [1.82, 2.24) is 9.97 Å². The molecule has 1 aromatic rings. The first-order chi connectivity index (χ1) is 8.43. The van der Waals surface area contributed by atoms with Crippen LogP contribution in [0.1, 0.15) is 27.2 Å². The van der Waals surface area contributed by atoms with Gasteiger partial charge in [0.05, 0.1) is 6.10 Å². The molecule has 1 heterocycles. The SMILES string of the molecule is CCNc1cc(NC2CC(O)C2(C)C)nc(N)n1. The first-order valence-electron chi connectivity index (χ1n) is 6.26. The second-order valence-corrected chi connectivity index (χ2v) is 5.30. The zero-order valence-corrected chi connectivity index (χ0v) is 11.1. The Morgan fingerprint density at radius 3 is 2.67 bits per heavy atom. The molecule has 0 radical (unpaired) electrons. The van der Waals surface area contributed by atoms with Crippen molar-refractivity contribution in [2.75, 3.05) is 22.9 Å². The van der Waals surface area contributed by atoms with Gasteiger partial charge in [-0.15, -0.1) is 0 Å². The lowest BCUT2D eigenvalue weighted by Gasteiger charge is -2.49. The molecule has 1 saturated carbocycles. The minimum Gasteiger partial charge on any atom is -0.392 e. The zero-order valence-electron chi connectivity index (χ0n) is 11.1. The molecule has 0 aliphatic heterocycles. The van der Waals surface area contributed by atoms with Gasteiger partial charge in [-0.25, -0.2) is 0 Å². The zero-order chi connectivity index (χ0) is 13.3. The Labute approximate surface area is 107 Å². The van der Waals surface area contributed by atoms with Gasteiger partial charge in [-0.2, -0.15) is 9.97 Å². The van der Waals surface area contributed by atoms with E-state index in [9.17, 15) is 5.11 Å². The van der Waals surface area contributed by atoms with E-state index in [0.29, 0.717) is 11.6 Å². The first kappa shape index (κ1) is 12.9. The summed E-state index contributed by atoms with van der Waals surface area (Å²) in [5.41, 5.74) is 5.53. The van der Waals surface area contributed by atoms with E-state index >= 15 is 0 Å². The van der Waals surface area contributed by atoms with Crippen LogP contribution in [-0.4, -0.2) is 33.8 Å². The van der Waals surface area contributed by atoms with Crippen LogP contribution in [0.15, 0.2) is 6.07 Å². The molecule has 1 aliphatic rings. The Hall–Kier alpha value is -1.56. The second-order valence-electron chi connectivity index (χ2n) is 5.30. The maximum atomic E-state index is 9.71. The minimum atomic E-state index is -0.262. The summed E-state index contributed by atoms with van der Waals surface area (Å²) in [5.74, 6) is 1.65. The standard InChI is InChI=1S/C12H21N5O/c1-4-14-9-6-10(17-11(13)16-9)15-7-5-8(18)12(7,2)3/h6-8,18H,4-5H2,1-3H3,(H4,13,14,15,16,17). The molecule has 0 bridgehead atoms. The molecule has 100 valence electrons. The van der Waals surface area contributed by atoms with Gasteiger partial charge in [0, 0.05) is 24.1 Å². The summed E-state index contributed by atoms with van der Waals surface area (Å²) in [7, 11) is 0. The smallest absolute Gasteiger partial charge is 0.223 e. The number of hydrogen-bond donors (Lipinski definition) is 4. The molecule has 0 aromatic carbocycles. The lowest BCUT2D eigenvalue weighted by molar-refractivity contribution is -0.0511. The molecule has 1 fully saturated rings. The summed E-state index contributed by atoms with van der Waals surface area (Å²) in [6, 6.07) is 2.04. The third kappa shape index (κ3) is 2.33. The Morgan fingerprint density at radius 2 is 2.11 bits per heavy atom. The van der Waals surface area contributed by atoms with Crippen LogP contribution < -0.4 is 16.4 Å². The van der Waals surface area contributed by atoms with Crippen LogP contribution in [0.25, 0.3) is 0 Å². The van der Waals surface area contributed by atoms with E-state index in [1.807, 2.05) is 26.8 Å². The minimum absolute atomic E-state index is 0.141. The van der Waals surface area contributed by atoms with Gasteiger partial charge >= 0.3 is 0 Å². The molecular weight excluding hydrogens is 230 g/mol. The van der Waals surface area contributed by atoms with Crippen LogP contribution in [0.4, 0.5) is 17.6 Å². The van der Waals surface area contributed by atoms with Crippen LogP contribution in [0.2, 0.25) is 0 Å². The van der Waals surface area contributed by atoms with E-state index < -0.39 is 0 Å². The average molecular weight is 251 g/mol. The van der Waals surface area contributed by atoms with Gasteiger partial charge in [0.15, 0.2) is 0 Å². The van der Waals surface area contributed by atoms with Gasteiger partial charge in [0.1, 0.15) is 11.6 Å². The number of nitrogen functional groups attached to an aromatic ring is 1. The topological polar surface area (TPSA) is 96.1 Å². The van der Waals surface area contributed by atoms with Gasteiger partial charge < -0.3 is 21.5 Å². The van der Waals surface area contributed by atoms with Gasteiger partial charge in [0.2, 0.25) is 5.95 Å². The summed E-state index contributed by atoms with van der Waals surface area (Å²) < 4.78 is 0. The van der Waals surface area contributed by atoms with Crippen LogP contribution in [0.3, 0.4) is 0 Å². The molecule has 5 N–H and O–H groups in total. The fraction of sp³-hybridized carbons (Fsp3) is 0.667. The van der Waals surface area contributed by atoms with E-state index in [1.165, 1.54) is 0 Å². The van der Waals surface area contributed by atoms with Crippen LogP contribution >= 0.6 is 0 Å². The quantitative estimate of drug-likeness (QED) is 0.639. The lowest BCUT2D eigenvalue weighted by Crippen LogP contribution is -2.57. The number of aliphatic hydroxyl groups excluding tert-OH is 1. The van der Waals surface area contributed by atoms with Crippen molar-refractivity contribution in [2.45, 2.75) is 39.3 Å². The molecular formula is C12H21N5O. The predicted octanol–water partition coefficient (Wildman–Crippen LogP) is 1.06. The number of aliphatic hydroxyl groups is 1. The summed E-state index contributed by atoms with van der Waals surface area (Å²) in [6.07, 6.45) is 0.468. The highest BCUT2D eigenvalue weighted by Crippen LogP contribution is 2.42. The van der Waals surface area contributed by atoms with E-state index in [4.69, 9.17) is 5.73 Å². The van der Waals surface area contributed by atoms with Crippen molar-refractivity contribution in [3.63, 3.8) is 0 Å². The molecule has 2 atom stereocenters. The van der Waals surface area contributed by atoms with Crippen LogP contribution in [0.5, 0.6) is 0 Å². The first-order valence-corrected chi connectivity index (χ1v) is 6.26. The van der Waals surface area contributed by atoms with Crippen LogP contribution in [-0.2, 0) is 0 Å². The highest BCUT2D eigenvalue weighted by Gasteiger charge is 2.47. The molecule has 1 aliphatic carbocycles. The molecule has 2 unspecified atom stereocenters. The number of nitrogens with one attached hydrogen (secondary N) is 2. The normalized spacial score (nSPS) is 25.3. The summed E-state index contributed by atoms with van der Waals surface area (Å²) in [4.78, 5) is 8.25. The average Bonchev–Trinajstić information content (AvgIpc) is 2.28. The number of hydrogen-bond acceptors (Lipinski definition) is 6. The van der Waals surface area contributed by atoms with Gasteiger partial charge in [0.25, 0.3) is 0 Å². The Balaban J connectivity index is 2.10. The summed E-state index contributed by atoms with van der Waals surface area (Å²) in [5, 5.41) is 16.1. The third-order valence-electron chi connectivity index (χ3n) is 3.64. The van der Waals surface area contributed by atoms with E-state index in [-0.39, 0.29) is 23.5 Å². The molecule has 0 amide bonds. The molecule has 6 nitrogen and oxygen atoms in total. The predicted molar refractivity (Wildman–Crippen MR) is 72.4 cm³/mol. The largest absolute Gasteiger partial charge is 0.392 e. The van der Waals surface area contributed by atoms with Crippen molar-refractivity contribution in [3.8, 4) is 0 Å². The van der Waals surface area contributed by atoms with Crippen molar-refractivity contribution in [3.05, 3.63) is 6.07 Å². The second kappa shape index (κ2) is 4.61.